The highest BCUT2D eigenvalue weighted by Crippen LogP contribution is 2.39. The summed E-state index contributed by atoms with van der Waals surface area (Å²) in [5.41, 5.74) is 0.876. The molecule has 2 atom stereocenters. The molecular weight excluding hydrogens is 204 g/mol. The van der Waals surface area contributed by atoms with Crippen LogP contribution in [0.25, 0.3) is 0 Å². The van der Waals surface area contributed by atoms with Gasteiger partial charge in [0.1, 0.15) is 6.10 Å². The summed E-state index contributed by atoms with van der Waals surface area (Å²) in [6.07, 6.45) is 4.46. The van der Waals surface area contributed by atoms with Gasteiger partial charge in [0.2, 0.25) is 0 Å². The number of aromatic nitrogens is 2. The average molecular weight is 224 g/mol. The number of hydrogen-bond acceptors (Lipinski definition) is 3. The lowest BCUT2D eigenvalue weighted by atomic mass is 10.1. The van der Waals surface area contributed by atoms with Crippen LogP contribution in [0.2, 0.25) is 0 Å². The van der Waals surface area contributed by atoms with Gasteiger partial charge < -0.3 is 9.84 Å². The topological polar surface area (TPSA) is 47.3 Å². The van der Waals surface area contributed by atoms with Gasteiger partial charge in [-0.15, -0.1) is 0 Å². The summed E-state index contributed by atoms with van der Waals surface area (Å²) in [6, 6.07) is 1.88. The molecule has 1 aromatic heterocycles. The van der Waals surface area contributed by atoms with E-state index in [-0.39, 0.29) is 6.10 Å². The Bertz CT molecular complexity index is 334. The van der Waals surface area contributed by atoms with Gasteiger partial charge in [-0.3, -0.25) is 4.68 Å². The zero-order chi connectivity index (χ0) is 11.5. The zero-order valence-corrected chi connectivity index (χ0v) is 9.97. The van der Waals surface area contributed by atoms with Gasteiger partial charge in [-0.1, -0.05) is 6.92 Å². The number of rotatable bonds is 6. The highest BCUT2D eigenvalue weighted by atomic mass is 16.5. The molecule has 1 saturated carbocycles. The molecule has 0 bridgehead atoms. The first-order valence-corrected chi connectivity index (χ1v) is 6.00. The number of aryl methyl sites for hydroxylation is 1. The molecule has 1 aliphatic rings. The van der Waals surface area contributed by atoms with Gasteiger partial charge in [0.05, 0.1) is 11.8 Å². The molecule has 0 radical (unpaired) electrons. The molecule has 2 unspecified atom stereocenters. The third-order valence-corrected chi connectivity index (χ3v) is 3.16. The maximum Gasteiger partial charge on any atom is 0.122 e. The van der Waals surface area contributed by atoms with Crippen LogP contribution >= 0.6 is 0 Å². The predicted molar refractivity (Wildman–Crippen MR) is 61.0 cm³/mol. The van der Waals surface area contributed by atoms with Crippen molar-refractivity contribution in [2.45, 2.75) is 44.9 Å². The maximum absolute atomic E-state index is 10.3. The fraction of sp³-hybridized carbons (Fsp3) is 0.750. The van der Waals surface area contributed by atoms with E-state index in [1.807, 2.05) is 10.7 Å². The second-order valence-electron chi connectivity index (χ2n) is 4.46. The third kappa shape index (κ3) is 2.28. The van der Waals surface area contributed by atoms with Crippen LogP contribution in [0.3, 0.4) is 0 Å². The van der Waals surface area contributed by atoms with E-state index in [2.05, 4.69) is 12.0 Å². The summed E-state index contributed by atoms with van der Waals surface area (Å²) in [4.78, 5) is 0. The molecule has 4 heteroatoms. The quantitative estimate of drug-likeness (QED) is 0.800. The molecule has 0 aromatic carbocycles. The molecule has 1 aromatic rings. The van der Waals surface area contributed by atoms with E-state index in [0.717, 1.165) is 31.5 Å². The molecule has 1 aliphatic carbocycles. The Hall–Kier alpha value is -0.870. The Balaban J connectivity index is 2.11. The van der Waals surface area contributed by atoms with Crippen molar-refractivity contribution in [1.29, 1.82) is 0 Å². The van der Waals surface area contributed by atoms with Gasteiger partial charge in [0, 0.05) is 19.9 Å². The second-order valence-corrected chi connectivity index (χ2v) is 4.46. The summed E-state index contributed by atoms with van der Waals surface area (Å²) in [5, 5.41) is 14.5. The minimum Gasteiger partial charge on any atom is -0.384 e. The zero-order valence-electron chi connectivity index (χ0n) is 9.97. The van der Waals surface area contributed by atoms with Crippen molar-refractivity contribution in [3.05, 3.63) is 18.0 Å². The summed E-state index contributed by atoms with van der Waals surface area (Å²) >= 11 is 0. The highest BCUT2D eigenvalue weighted by molar-refractivity contribution is 5.08. The van der Waals surface area contributed by atoms with Crippen molar-refractivity contribution in [2.24, 2.45) is 5.92 Å². The van der Waals surface area contributed by atoms with Crippen molar-refractivity contribution in [3.63, 3.8) is 0 Å². The average Bonchev–Trinajstić information content (AvgIpc) is 2.99. The first-order valence-electron chi connectivity index (χ1n) is 6.00. The van der Waals surface area contributed by atoms with Gasteiger partial charge in [-0.05, 0) is 31.2 Å². The molecule has 2 rings (SSSR count). The SMILES string of the molecule is CCCn1nccc1C(O)C(OC)C1CC1. The summed E-state index contributed by atoms with van der Waals surface area (Å²) < 4.78 is 7.28. The van der Waals surface area contributed by atoms with Gasteiger partial charge in [-0.2, -0.15) is 5.10 Å². The molecular formula is C12H20N2O2. The van der Waals surface area contributed by atoms with E-state index in [9.17, 15) is 5.11 Å². The van der Waals surface area contributed by atoms with Crippen LogP contribution in [0, 0.1) is 5.92 Å². The lowest BCUT2D eigenvalue weighted by Gasteiger charge is -2.22. The van der Waals surface area contributed by atoms with Crippen LogP contribution in [0.15, 0.2) is 12.3 Å². The van der Waals surface area contributed by atoms with E-state index >= 15 is 0 Å². The smallest absolute Gasteiger partial charge is 0.122 e. The fourth-order valence-corrected chi connectivity index (χ4v) is 2.16. The number of nitrogens with zero attached hydrogens (tertiary/aromatic N) is 2. The minimum atomic E-state index is -0.549. The van der Waals surface area contributed by atoms with E-state index in [0.29, 0.717) is 5.92 Å². The minimum absolute atomic E-state index is 0.0766. The lowest BCUT2D eigenvalue weighted by Crippen LogP contribution is -2.25. The van der Waals surface area contributed by atoms with E-state index in [1.165, 1.54) is 0 Å². The van der Waals surface area contributed by atoms with Crippen molar-refractivity contribution in [3.8, 4) is 0 Å². The van der Waals surface area contributed by atoms with Gasteiger partial charge in [-0.25, -0.2) is 0 Å². The van der Waals surface area contributed by atoms with Crippen LogP contribution in [0.4, 0.5) is 0 Å². The normalized spacial score (nSPS) is 19.7. The van der Waals surface area contributed by atoms with Crippen LogP contribution in [-0.2, 0) is 11.3 Å². The molecule has 0 aliphatic heterocycles. The molecule has 0 amide bonds. The van der Waals surface area contributed by atoms with Crippen molar-refractivity contribution in [1.82, 2.24) is 9.78 Å². The summed E-state index contributed by atoms with van der Waals surface area (Å²) in [6.45, 7) is 2.95. The Morgan fingerprint density at radius 3 is 2.94 bits per heavy atom. The molecule has 16 heavy (non-hydrogen) atoms. The van der Waals surface area contributed by atoms with Gasteiger partial charge >= 0.3 is 0 Å². The Morgan fingerprint density at radius 2 is 2.38 bits per heavy atom. The van der Waals surface area contributed by atoms with Gasteiger partial charge in [0.25, 0.3) is 0 Å². The largest absolute Gasteiger partial charge is 0.384 e. The number of aliphatic hydroxyl groups excluding tert-OH is 1. The summed E-state index contributed by atoms with van der Waals surface area (Å²) in [5.74, 6) is 0.518. The first kappa shape index (κ1) is 11.6. The van der Waals surface area contributed by atoms with Crippen molar-refractivity contribution < 1.29 is 9.84 Å². The monoisotopic (exact) mass is 224 g/mol. The number of aliphatic hydroxyl groups is 1. The Kier molecular flexibility index (Phi) is 3.61. The Morgan fingerprint density at radius 1 is 1.62 bits per heavy atom. The Labute approximate surface area is 96.2 Å². The molecule has 90 valence electrons. The van der Waals surface area contributed by atoms with Crippen LogP contribution in [0.5, 0.6) is 0 Å². The van der Waals surface area contributed by atoms with Crippen LogP contribution in [0.1, 0.15) is 38.0 Å². The molecule has 0 saturated heterocycles. The fourth-order valence-electron chi connectivity index (χ4n) is 2.16. The molecule has 1 heterocycles. The second kappa shape index (κ2) is 4.97. The highest BCUT2D eigenvalue weighted by Gasteiger charge is 2.37. The molecule has 1 N–H and O–H groups in total. The van der Waals surface area contributed by atoms with E-state index < -0.39 is 6.10 Å². The first-order chi connectivity index (χ1) is 7.77. The van der Waals surface area contributed by atoms with Crippen LogP contribution in [-0.4, -0.2) is 28.1 Å². The predicted octanol–water partition coefficient (Wildman–Crippen LogP) is 1.75. The van der Waals surface area contributed by atoms with Gasteiger partial charge in [0.15, 0.2) is 0 Å². The van der Waals surface area contributed by atoms with Crippen molar-refractivity contribution in [2.75, 3.05) is 7.11 Å². The molecule has 1 fully saturated rings. The standard InChI is InChI=1S/C12H20N2O2/c1-3-8-14-10(6-7-13-14)11(15)12(16-2)9-4-5-9/h6-7,9,11-12,15H,3-5,8H2,1-2H3. The lowest BCUT2D eigenvalue weighted by molar-refractivity contribution is -0.0299. The molecule has 4 nitrogen and oxygen atoms in total. The maximum atomic E-state index is 10.3. The number of methoxy groups -OCH3 is 1. The third-order valence-electron chi connectivity index (χ3n) is 3.16. The van der Waals surface area contributed by atoms with Crippen molar-refractivity contribution >= 4 is 0 Å². The number of ether oxygens (including phenoxy) is 1. The summed E-state index contributed by atoms with van der Waals surface area (Å²) in [7, 11) is 1.67. The number of hydrogen-bond donors (Lipinski definition) is 1. The van der Waals surface area contributed by atoms with E-state index in [1.54, 1.807) is 13.3 Å². The van der Waals surface area contributed by atoms with E-state index in [4.69, 9.17) is 4.74 Å². The van der Waals surface area contributed by atoms with Crippen LogP contribution < -0.4 is 0 Å². The molecule has 0 spiro atoms.